The highest BCUT2D eigenvalue weighted by molar-refractivity contribution is 6.90. The van der Waals surface area contributed by atoms with Gasteiger partial charge in [0, 0.05) is 60.2 Å². The molecule has 9 aromatic rings. The molecule has 3 nitrogen and oxygen atoms in total. The van der Waals surface area contributed by atoms with Crippen LogP contribution in [0.5, 0.6) is 0 Å². The number of hydrogen-bond donors (Lipinski definition) is 0. The fourth-order valence-corrected chi connectivity index (χ4v) is 9.29. The van der Waals surface area contributed by atoms with Crippen molar-refractivity contribution in [3.63, 3.8) is 0 Å². The van der Waals surface area contributed by atoms with Crippen molar-refractivity contribution in [2.24, 2.45) is 0 Å². The standard InChI is InChI=1S/C44H35BN2O/c1-43(2,3)24-18-19-26-29-20-21-32(44(4,5)6)38-41(29)46(34(26)22-24)35-23-31-27-13-8-10-17-36(27)48-42(31)37-30-15-11-14-28-25-12-7-9-16-33(25)47(40(28)30)45(38)39(35)37/h7-23H,1-6H3. The van der Waals surface area contributed by atoms with Gasteiger partial charge in [-0.05, 0) is 57.1 Å². The van der Waals surface area contributed by atoms with E-state index in [9.17, 15) is 0 Å². The van der Waals surface area contributed by atoms with E-state index in [0.29, 0.717) is 0 Å². The van der Waals surface area contributed by atoms with Crippen molar-refractivity contribution in [2.75, 3.05) is 0 Å². The fraction of sp³-hybridized carbons (Fsp3) is 0.182. The van der Waals surface area contributed by atoms with Crippen LogP contribution in [-0.2, 0) is 10.8 Å². The van der Waals surface area contributed by atoms with E-state index < -0.39 is 0 Å². The number of nitrogens with zero attached hydrogens (tertiary/aromatic N) is 2. The van der Waals surface area contributed by atoms with Crippen molar-refractivity contribution in [1.29, 1.82) is 0 Å². The third-order valence-corrected chi connectivity index (χ3v) is 11.4. The summed E-state index contributed by atoms with van der Waals surface area (Å²) in [5.41, 5.74) is 16.3. The van der Waals surface area contributed by atoms with Gasteiger partial charge in [-0.1, -0.05) is 120 Å². The smallest absolute Gasteiger partial charge is 0.333 e. The predicted molar refractivity (Wildman–Crippen MR) is 204 cm³/mol. The molecule has 11 rings (SSSR count). The van der Waals surface area contributed by atoms with E-state index in [1.54, 1.807) is 0 Å². The van der Waals surface area contributed by atoms with E-state index in [1.165, 1.54) is 93.3 Å². The van der Waals surface area contributed by atoms with Gasteiger partial charge < -0.3 is 13.5 Å². The second-order valence-corrected chi connectivity index (χ2v) is 16.1. The number of furan rings is 1. The Labute approximate surface area is 279 Å². The van der Waals surface area contributed by atoms with Gasteiger partial charge in [-0.3, -0.25) is 0 Å². The Morgan fingerprint density at radius 1 is 0.562 bits per heavy atom. The molecule has 3 aromatic heterocycles. The van der Waals surface area contributed by atoms with Gasteiger partial charge >= 0.3 is 6.85 Å². The zero-order chi connectivity index (χ0) is 32.4. The Kier molecular flexibility index (Phi) is 4.71. The molecule has 0 aliphatic carbocycles. The lowest BCUT2D eigenvalue weighted by molar-refractivity contribution is 0.591. The number of aromatic nitrogens is 2. The Morgan fingerprint density at radius 2 is 1.27 bits per heavy atom. The van der Waals surface area contributed by atoms with Crippen LogP contribution in [0.1, 0.15) is 52.7 Å². The molecule has 2 aliphatic heterocycles. The summed E-state index contributed by atoms with van der Waals surface area (Å²) in [7, 11) is 0. The van der Waals surface area contributed by atoms with Gasteiger partial charge in [-0.2, -0.15) is 0 Å². The monoisotopic (exact) mass is 618 g/mol. The van der Waals surface area contributed by atoms with Crippen LogP contribution in [0.4, 0.5) is 0 Å². The highest BCUT2D eigenvalue weighted by Gasteiger charge is 2.45. The lowest BCUT2D eigenvalue weighted by atomic mass is 9.43. The molecule has 4 heteroatoms. The molecule has 0 unspecified atom stereocenters. The maximum atomic E-state index is 6.92. The molecule has 0 radical (unpaired) electrons. The van der Waals surface area contributed by atoms with Crippen LogP contribution in [0.15, 0.2) is 108 Å². The second kappa shape index (κ2) is 8.43. The molecule has 0 bridgehead atoms. The molecule has 0 atom stereocenters. The average Bonchev–Trinajstić information content (AvgIpc) is 3.72. The first-order chi connectivity index (χ1) is 23.1. The molecule has 6 aromatic carbocycles. The van der Waals surface area contributed by atoms with Crippen LogP contribution in [0.25, 0.3) is 82.4 Å². The van der Waals surface area contributed by atoms with Crippen LogP contribution in [0, 0.1) is 0 Å². The Morgan fingerprint density at radius 3 is 2.08 bits per heavy atom. The Hall–Kier alpha value is -5.22. The minimum absolute atomic E-state index is 0.0123. The number of hydrogen-bond acceptors (Lipinski definition) is 1. The first-order valence-electron chi connectivity index (χ1n) is 17.2. The fourth-order valence-electron chi connectivity index (χ4n) is 9.29. The van der Waals surface area contributed by atoms with Crippen LogP contribution in [0.2, 0.25) is 0 Å². The van der Waals surface area contributed by atoms with E-state index in [2.05, 4.69) is 154 Å². The molecule has 0 amide bonds. The first kappa shape index (κ1) is 26.8. The highest BCUT2D eigenvalue weighted by Crippen LogP contribution is 2.48. The van der Waals surface area contributed by atoms with Crippen LogP contribution in [-0.4, -0.2) is 15.9 Å². The summed E-state index contributed by atoms with van der Waals surface area (Å²) in [6.45, 7) is 14.0. The molecule has 0 spiro atoms. The second-order valence-electron chi connectivity index (χ2n) is 16.1. The molecule has 0 saturated heterocycles. The zero-order valence-corrected chi connectivity index (χ0v) is 28.2. The number of rotatable bonds is 0. The minimum atomic E-state index is -0.0679. The van der Waals surface area contributed by atoms with Crippen molar-refractivity contribution in [3.8, 4) is 16.8 Å². The van der Waals surface area contributed by atoms with Crippen molar-refractivity contribution >= 4 is 83.3 Å². The Bertz CT molecular complexity index is 2920. The van der Waals surface area contributed by atoms with Gasteiger partial charge in [0.15, 0.2) is 0 Å². The van der Waals surface area contributed by atoms with E-state index in [4.69, 9.17) is 4.42 Å². The highest BCUT2D eigenvalue weighted by atomic mass is 16.3. The third-order valence-electron chi connectivity index (χ3n) is 11.4. The molecule has 0 saturated carbocycles. The third kappa shape index (κ3) is 3.08. The zero-order valence-electron chi connectivity index (χ0n) is 28.2. The van der Waals surface area contributed by atoms with E-state index in [-0.39, 0.29) is 17.7 Å². The van der Waals surface area contributed by atoms with Gasteiger partial charge in [0.2, 0.25) is 0 Å². The molecule has 230 valence electrons. The number of fused-ring (bicyclic) bond motifs is 14. The summed E-state index contributed by atoms with van der Waals surface area (Å²) in [6.07, 6.45) is 0. The predicted octanol–water partition coefficient (Wildman–Crippen LogP) is 10.3. The normalized spacial score (nSPS) is 14.0. The quantitative estimate of drug-likeness (QED) is 0.155. The number of benzene rings is 6. The summed E-state index contributed by atoms with van der Waals surface area (Å²) < 4.78 is 12.2. The topological polar surface area (TPSA) is 23.0 Å². The van der Waals surface area contributed by atoms with Gasteiger partial charge in [-0.15, -0.1) is 0 Å². The van der Waals surface area contributed by atoms with Gasteiger partial charge in [0.1, 0.15) is 11.2 Å². The van der Waals surface area contributed by atoms with Crippen molar-refractivity contribution in [1.82, 2.24) is 9.05 Å². The summed E-state index contributed by atoms with van der Waals surface area (Å²) >= 11 is 0. The van der Waals surface area contributed by atoms with E-state index >= 15 is 0 Å². The molecular formula is C44H35BN2O. The van der Waals surface area contributed by atoms with Crippen LogP contribution < -0.4 is 10.9 Å². The first-order valence-corrected chi connectivity index (χ1v) is 17.2. The maximum absolute atomic E-state index is 6.92. The SMILES string of the molecule is CC(C)(C)c1ccc2c3ccc(C(C)(C)C)c4c3n(c2c1)-c1cc2c(oc3ccccc32)c2c1B4n1c3ccccc3c3cccc-2c31. The Balaban J connectivity index is 1.47. The van der Waals surface area contributed by atoms with Crippen molar-refractivity contribution < 1.29 is 4.42 Å². The summed E-state index contributed by atoms with van der Waals surface area (Å²) in [5, 5.41) is 7.58. The molecule has 5 heterocycles. The largest absolute Gasteiger partial charge is 0.455 e. The summed E-state index contributed by atoms with van der Waals surface area (Å²) in [4.78, 5) is 0. The van der Waals surface area contributed by atoms with Crippen LogP contribution in [0.3, 0.4) is 0 Å². The minimum Gasteiger partial charge on any atom is -0.455 e. The molecule has 0 fully saturated rings. The summed E-state index contributed by atoms with van der Waals surface area (Å²) in [6, 6.07) is 38.8. The summed E-state index contributed by atoms with van der Waals surface area (Å²) in [5.74, 6) is 0. The van der Waals surface area contributed by atoms with E-state index in [0.717, 1.165) is 11.2 Å². The van der Waals surface area contributed by atoms with Crippen molar-refractivity contribution in [2.45, 2.75) is 52.4 Å². The lowest BCUT2D eigenvalue weighted by Crippen LogP contribution is -2.57. The molecular weight excluding hydrogens is 583 g/mol. The molecule has 0 N–H and O–H groups in total. The van der Waals surface area contributed by atoms with Crippen LogP contribution >= 0.6 is 0 Å². The van der Waals surface area contributed by atoms with Gasteiger partial charge in [0.05, 0.1) is 11.0 Å². The molecule has 2 aliphatic rings. The number of para-hydroxylation sites is 3. The molecule has 48 heavy (non-hydrogen) atoms. The van der Waals surface area contributed by atoms with Gasteiger partial charge in [-0.25, -0.2) is 0 Å². The lowest BCUT2D eigenvalue weighted by Gasteiger charge is -2.37. The maximum Gasteiger partial charge on any atom is 0.333 e. The average molecular weight is 619 g/mol. The van der Waals surface area contributed by atoms with Crippen molar-refractivity contribution in [3.05, 3.63) is 114 Å². The van der Waals surface area contributed by atoms with E-state index in [1.807, 2.05) is 0 Å². The van der Waals surface area contributed by atoms with Gasteiger partial charge in [0.25, 0.3) is 0 Å².